The summed E-state index contributed by atoms with van der Waals surface area (Å²) in [7, 11) is 0. The van der Waals surface area contributed by atoms with Crippen LogP contribution >= 0.6 is 0 Å². The fourth-order valence-electron chi connectivity index (χ4n) is 2.76. The highest BCUT2D eigenvalue weighted by atomic mass is 14.9. The first-order valence-corrected chi connectivity index (χ1v) is 7.93. The Morgan fingerprint density at radius 1 is 0.792 bits per heavy atom. The zero-order chi connectivity index (χ0) is 16.4. The van der Waals surface area contributed by atoms with Gasteiger partial charge < -0.3 is 4.98 Å². The molecule has 1 N–H and O–H groups in total. The number of aromatic amines is 1. The number of benzene rings is 3. The third kappa shape index (κ3) is 2.68. The molecule has 0 aliphatic rings. The lowest BCUT2D eigenvalue weighted by Gasteiger charge is -2.00. The van der Waals surface area contributed by atoms with Gasteiger partial charge in [-0.1, -0.05) is 54.3 Å². The monoisotopic (exact) mass is 308 g/mol. The molecule has 0 radical (unpaired) electrons. The van der Waals surface area contributed by atoms with Gasteiger partial charge in [-0.2, -0.15) is 0 Å². The first-order valence-electron chi connectivity index (χ1n) is 7.93. The van der Waals surface area contributed by atoms with Gasteiger partial charge in [0.2, 0.25) is 0 Å². The SMILES string of the molecule is Cc1cccc2nc(-c3ccccc3C#Cc3ccccc3)[nH]c12. The molecule has 4 aromatic rings. The lowest BCUT2D eigenvalue weighted by molar-refractivity contribution is 1.32. The topological polar surface area (TPSA) is 28.7 Å². The maximum absolute atomic E-state index is 4.74. The highest BCUT2D eigenvalue weighted by Gasteiger charge is 2.09. The maximum atomic E-state index is 4.74. The van der Waals surface area contributed by atoms with Crippen molar-refractivity contribution in [3.8, 4) is 23.2 Å². The molecule has 2 nitrogen and oxygen atoms in total. The van der Waals surface area contributed by atoms with E-state index in [2.05, 4.69) is 35.9 Å². The van der Waals surface area contributed by atoms with E-state index in [-0.39, 0.29) is 0 Å². The van der Waals surface area contributed by atoms with Crippen molar-refractivity contribution in [2.24, 2.45) is 0 Å². The van der Waals surface area contributed by atoms with Gasteiger partial charge in [-0.3, -0.25) is 0 Å². The normalized spacial score (nSPS) is 10.4. The summed E-state index contributed by atoms with van der Waals surface area (Å²) in [5.74, 6) is 7.36. The van der Waals surface area contributed by atoms with E-state index in [1.165, 1.54) is 5.56 Å². The average molecular weight is 308 g/mol. The predicted molar refractivity (Wildman–Crippen MR) is 98.7 cm³/mol. The summed E-state index contributed by atoms with van der Waals surface area (Å²) in [5.41, 5.74) is 6.26. The van der Waals surface area contributed by atoms with Gasteiger partial charge in [-0.25, -0.2) is 4.98 Å². The second-order valence-corrected chi connectivity index (χ2v) is 5.72. The smallest absolute Gasteiger partial charge is 0.139 e. The molecule has 0 fully saturated rings. The minimum absolute atomic E-state index is 0.859. The van der Waals surface area contributed by atoms with Gasteiger partial charge in [0.15, 0.2) is 0 Å². The van der Waals surface area contributed by atoms with Crippen molar-refractivity contribution in [3.63, 3.8) is 0 Å². The van der Waals surface area contributed by atoms with Crippen LogP contribution in [0.4, 0.5) is 0 Å². The quantitative estimate of drug-likeness (QED) is 0.496. The van der Waals surface area contributed by atoms with Gasteiger partial charge in [0.05, 0.1) is 11.0 Å². The van der Waals surface area contributed by atoms with Crippen LogP contribution in [-0.4, -0.2) is 9.97 Å². The van der Waals surface area contributed by atoms with Crippen LogP contribution in [0.2, 0.25) is 0 Å². The molecular weight excluding hydrogens is 292 g/mol. The molecule has 0 atom stereocenters. The van der Waals surface area contributed by atoms with Crippen molar-refractivity contribution in [2.45, 2.75) is 6.92 Å². The number of para-hydroxylation sites is 1. The predicted octanol–water partition coefficient (Wildman–Crippen LogP) is 4.94. The minimum atomic E-state index is 0.859. The zero-order valence-corrected chi connectivity index (χ0v) is 13.4. The Bertz CT molecular complexity index is 1060. The lowest BCUT2D eigenvalue weighted by Crippen LogP contribution is -1.86. The molecule has 0 amide bonds. The summed E-state index contributed by atoms with van der Waals surface area (Å²) in [6.45, 7) is 2.09. The minimum Gasteiger partial charge on any atom is -0.338 e. The second kappa shape index (κ2) is 6.06. The Hall–Kier alpha value is -3.31. The number of aryl methyl sites for hydroxylation is 1. The number of imidazole rings is 1. The van der Waals surface area contributed by atoms with Crippen molar-refractivity contribution in [2.75, 3.05) is 0 Å². The Kier molecular flexibility index (Phi) is 3.61. The van der Waals surface area contributed by atoms with Gasteiger partial charge in [0.1, 0.15) is 5.82 Å². The molecule has 0 spiro atoms. The number of H-pyrrole nitrogens is 1. The summed E-state index contributed by atoms with van der Waals surface area (Å²) >= 11 is 0. The van der Waals surface area contributed by atoms with Crippen LogP contribution in [0.25, 0.3) is 22.4 Å². The fourth-order valence-corrected chi connectivity index (χ4v) is 2.76. The Morgan fingerprint density at radius 2 is 1.58 bits per heavy atom. The van der Waals surface area contributed by atoms with Gasteiger partial charge in [0.25, 0.3) is 0 Å². The third-order valence-corrected chi connectivity index (χ3v) is 4.02. The van der Waals surface area contributed by atoms with E-state index in [0.717, 1.165) is 33.5 Å². The van der Waals surface area contributed by atoms with E-state index in [9.17, 15) is 0 Å². The molecule has 1 heterocycles. The van der Waals surface area contributed by atoms with E-state index in [4.69, 9.17) is 4.98 Å². The summed E-state index contributed by atoms with van der Waals surface area (Å²) in [4.78, 5) is 8.18. The molecule has 0 unspecified atom stereocenters. The van der Waals surface area contributed by atoms with Crippen LogP contribution < -0.4 is 0 Å². The van der Waals surface area contributed by atoms with Crippen LogP contribution in [0.1, 0.15) is 16.7 Å². The van der Waals surface area contributed by atoms with Crippen molar-refractivity contribution in [1.29, 1.82) is 0 Å². The molecule has 0 bridgehead atoms. The highest BCUT2D eigenvalue weighted by molar-refractivity contribution is 5.83. The molecular formula is C22H16N2. The Morgan fingerprint density at radius 3 is 2.42 bits per heavy atom. The number of aromatic nitrogens is 2. The van der Waals surface area contributed by atoms with Crippen LogP contribution in [0.3, 0.4) is 0 Å². The zero-order valence-electron chi connectivity index (χ0n) is 13.4. The molecule has 1 aromatic heterocycles. The molecule has 24 heavy (non-hydrogen) atoms. The summed E-state index contributed by atoms with van der Waals surface area (Å²) in [5, 5.41) is 0. The van der Waals surface area contributed by atoms with Crippen LogP contribution in [-0.2, 0) is 0 Å². The van der Waals surface area contributed by atoms with Crippen LogP contribution in [0.15, 0.2) is 72.8 Å². The molecule has 3 aromatic carbocycles. The van der Waals surface area contributed by atoms with Crippen molar-refractivity contribution >= 4 is 11.0 Å². The first kappa shape index (κ1) is 14.3. The molecule has 0 saturated carbocycles. The summed E-state index contributed by atoms with van der Waals surface area (Å²) in [6.07, 6.45) is 0. The van der Waals surface area contributed by atoms with Gasteiger partial charge >= 0.3 is 0 Å². The van der Waals surface area contributed by atoms with E-state index in [1.807, 2.05) is 60.7 Å². The van der Waals surface area contributed by atoms with Crippen LogP contribution in [0.5, 0.6) is 0 Å². The summed E-state index contributed by atoms with van der Waals surface area (Å²) in [6, 6.07) is 24.3. The third-order valence-electron chi connectivity index (χ3n) is 4.02. The number of hydrogen-bond acceptors (Lipinski definition) is 1. The van der Waals surface area contributed by atoms with Crippen molar-refractivity contribution in [1.82, 2.24) is 9.97 Å². The van der Waals surface area contributed by atoms with Crippen molar-refractivity contribution < 1.29 is 0 Å². The van der Waals surface area contributed by atoms with Gasteiger partial charge in [-0.05, 0) is 42.8 Å². The van der Waals surface area contributed by atoms with Gasteiger partial charge in [-0.15, -0.1) is 0 Å². The number of rotatable bonds is 1. The number of hydrogen-bond donors (Lipinski definition) is 1. The molecule has 0 saturated heterocycles. The van der Waals surface area contributed by atoms with Crippen LogP contribution in [0, 0.1) is 18.8 Å². The van der Waals surface area contributed by atoms with E-state index < -0.39 is 0 Å². The molecule has 2 heteroatoms. The molecule has 0 aliphatic carbocycles. The van der Waals surface area contributed by atoms with Crippen molar-refractivity contribution in [3.05, 3.63) is 89.5 Å². The molecule has 114 valence electrons. The number of nitrogens with one attached hydrogen (secondary N) is 1. The fraction of sp³-hybridized carbons (Fsp3) is 0.0455. The molecule has 4 rings (SSSR count). The van der Waals surface area contributed by atoms with Gasteiger partial charge in [0, 0.05) is 16.7 Å². The first-order chi connectivity index (χ1) is 11.8. The second-order valence-electron chi connectivity index (χ2n) is 5.72. The highest BCUT2D eigenvalue weighted by Crippen LogP contribution is 2.25. The molecule has 0 aliphatic heterocycles. The maximum Gasteiger partial charge on any atom is 0.139 e. The van der Waals surface area contributed by atoms with E-state index in [0.29, 0.717) is 0 Å². The standard InChI is InChI=1S/C22H16N2/c1-16-8-7-13-20-21(16)24-22(23-20)19-12-6-5-11-18(19)15-14-17-9-3-2-4-10-17/h2-13H,1H3,(H,23,24). The lowest BCUT2D eigenvalue weighted by atomic mass is 10.1. The number of fused-ring (bicyclic) bond motifs is 1. The Labute approximate surface area is 141 Å². The number of nitrogens with zero attached hydrogens (tertiary/aromatic N) is 1. The largest absolute Gasteiger partial charge is 0.338 e. The van der Waals surface area contributed by atoms with E-state index in [1.54, 1.807) is 0 Å². The average Bonchev–Trinajstić information content (AvgIpc) is 3.07. The Balaban J connectivity index is 1.81. The summed E-state index contributed by atoms with van der Waals surface area (Å²) < 4.78 is 0. The van der Waals surface area contributed by atoms with E-state index >= 15 is 0 Å².